The van der Waals surface area contributed by atoms with Crippen molar-refractivity contribution in [3.63, 3.8) is 0 Å². The molecule has 3 aromatic rings. The molecule has 0 unspecified atom stereocenters. The number of fused-ring (bicyclic) bond motifs is 1. The van der Waals surface area contributed by atoms with E-state index in [4.69, 9.17) is 10.7 Å². The Balaban J connectivity index is 1.44. The molecule has 5 heteroatoms. The van der Waals surface area contributed by atoms with Gasteiger partial charge in [0.15, 0.2) is 0 Å². The third-order valence-corrected chi connectivity index (χ3v) is 6.33. The van der Waals surface area contributed by atoms with E-state index in [0.717, 1.165) is 71.4 Å². The average molecular weight is 424 g/mol. The third-order valence-electron chi connectivity index (χ3n) is 6.33. The molecule has 0 atom stereocenters. The molecule has 0 saturated carbocycles. The van der Waals surface area contributed by atoms with Crippen LogP contribution in [0.15, 0.2) is 66.9 Å². The summed E-state index contributed by atoms with van der Waals surface area (Å²) in [7, 11) is 0. The second kappa shape index (κ2) is 8.42. The summed E-state index contributed by atoms with van der Waals surface area (Å²) < 4.78 is 0. The molecule has 2 heterocycles. The maximum Gasteiger partial charge on any atom is 0.253 e. The minimum atomic E-state index is -0.430. The Morgan fingerprint density at radius 3 is 2.38 bits per heavy atom. The van der Waals surface area contributed by atoms with Gasteiger partial charge in [0.2, 0.25) is 5.91 Å². The van der Waals surface area contributed by atoms with Crippen LogP contribution in [0.1, 0.15) is 56.8 Å². The molecule has 160 valence electrons. The van der Waals surface area contributed by atoms with Crippen molar-refractivity contribution < 1.29 is 9.59 Å². The number of pyridine rings is 1. The lowest BCUT2D eigenvalue weighted by molar-refractivity contribution is 0.0724. The number of amides is 2. The summed E-state index contributed by atoms with van der Waals surface area (Å²) in [5.74, 6) is -0.323. The van der Waals surface area contributed by atoms with Crippen molar-refractivity contribution in [3.05, 3.63) is 94.8 Å². The molecule has 1 aromatic heterocycles. The minimum Gasteiger partial charge on any atom is -0.366 e. The number of rotatable bonds is 4. The Labute approximate surface area is 187 Å². The van der Waals surface area contributed by atoms with E-state index in [0.29, 0.717) is 5.56 Å². The summed E-state index contributed by atoms with van der Waals surface area (Å²) >= 11 is 0. The summed E-state index contributed by atoms with van der Waals surface area (Å²) in [6.45, 7) is 1.68. The number of nitrogens with zero attached hydrogens (tertiary/aromatic N) is 2. The van der Waals surface area contributed by atoms with Crippen LogP contribution >= 0.6 is 0 Å². The first kappa shape index (κ1) is 20.2. The largest absolute Gasteiger partial charge is 0.366 e. The van der Waals surface area contributed by atoms with Gasteiger partial charge in [-0.25, -0.2) is 0 Å². The van der Waals surface area contributed by atoms with Gasteiger partial charge in [-0.15, -0.1) is 0 Å². The molecule has 0 spiro atoms. The van der Waals surface area contributed by atoms with Crippen LogP contribution in [0.4, 0.5) is 0 Å². The number of hydrogen-bond donors (Lipinski definition) is 1. The van der Waals surface area contributed by atoms with Gasteiger partial charge in [0.25, 0.3) is 5.91 Å². The van der Waals surface area contributed by atoms with Gasteiger partial charge in [0.1, 0.15) is 0 Å². The lowest BCUT2D eigenvalue weighted by atomic mass is 9.96. The molecule has 1 aliphatic heterocycles. The fourth-order valence-electron chi connectivity index (χ4n) is 4.55. The van der Waals surface area contributed by atoms with Gasteiger partial charge in [-0.1, -0.05) is 30.3 Å². The molecule has 2 aromatic carbocycles. The summed E-state index contributed by atoms with van der Waals surface area (Å²) in [6, 6.07) is 17.3. The molecule has 2 aliphatic rings. The number of allylic oxidation sites excluding steroid dienone is 1. The molecule has 1 fully saturated rings. The van der Waals surface area contributed by atoms with E-state index >= 15 is 0 Å². The monoisotopic (exact) mass is 423 g/mol. The summed E-state index contributed by atoms with van der Waals surface area (Å²) in [5.41, 5.74) is 12.8. The highest BCUT2D eigenvalue weighted by Crippen LogP contribution is 2.34. The Morgan fingerprint density at radius 2 is 1.62 bits per heavy atom. The molecule has 0 bridgehead atoms. The summed E-state index contributed by atoms with van der Waals surface area (Å²) in [4.78, 5) is 31.0. The van der Waals surface area contributed by atoms with Crippen molar-refractivity contribution in [1.29, 1.82) is 0 Å². The van der Waals surface area contributed by atoms with E-state index in [1.54, 1.807) is 12.1 Å². The second-order valence-corrected chi connectivity index (χ2v) is 8.42. The minimum absolute atomic E-state index is 0.107. The standard InChI is InChI=1S/C27H25N3O2/c28-26(31)19-9-7-18(8-10-19)23-11-12-25-24(23)16-22(17-29-25)20-5-4-6-21(15-20)27(32)30-13-2-1-3-14-30/h4-11,15-17H,1-3,12-14H2,(H2,28,31). The van der Waals surface area contributed by atoms with Crippen molar-refractivity contribution in [2.24, 2.45) is 5.73 Å². The number of benzene rings is 2. The van der Waals surface area contributed by atoms with Crippen molar-refractivity contribution in [1.82, 2.24) is 9.88 Å². The number of aromatic nitrogens is 1. The van der Waals surface area contributed by atoms with Gasteiger partial charge in [0, 0.05) is 48.0 Å². The number of likely N-dealkylation sites (tertiary alicyclic amines) is 1. The number of piperidine rings is 1. The highest BCUT2D eigenvalue weighted by atomic mass is 16.2. The molecule has 2 N–H and O–H groups in total. The van der Waals surface area contributed by atoms with Crippen LogP contribution < -0.4 is 5.73 Å². The number of primary amides is 1. The first-order valence-corrected chi connectivity index (χ1v) is 11.1. The zero-order valence-corrected chi connectivity index (χ0v) is 17.9. The van der Waals surface area contributed by atoms with Crippen molar-refractivity contribution in [2.45, 2.75) is 25.7 Å². The normalized spacial score (nSPS) is 15.2. The van der Waals surface area contributed by atoms with E-state index in [2.05, 4.69) is 12.1 Å². The SMILES string of the molecule is NC(=O)c1ccc(C2=CCc3ncc(-c4cccc(C(=O)N5CCCCC5)c4)cc32)cc1. The predicted octanol–water partition coefficient (Wildman–Crippen LogP) is 4.46. The van der Waals surface area contributed by atoms with Crippen LogP contribution in [-0.2, 0) is 6.42 Å². The van der Waals surface area contributed by atoms with Gasteiger partial charge in [-0.2, -0.15) is 0 Å². The van der Waals surface area contributed by atoms with Gasteiger partial charge < -0.3 is 10.6 Å². The molecule has 32 heavy (non-hydrogen) atoms. The van der Waals surface area contributed by atoms with E-state index in [-0.39, 0.29) is 5.91 Å². The zero-order valence-electron chi connectivity index (χ0n) is 17.9. The maximum atomic E-state index is 13.0. The van der Waals surface area contributed by atoms with Crippen molar-refractivity contribution >= 4 is 17.4 Å². The highest BCUT2D eigenvalue weighted by molar-refractivity contribution is 5.96. The number of nitrogens with two attached hydrogens (primary N) is 1. The second-order valence-electron chi connectivity index (χ2n) is 8.42. The summed E-state index contributed by atoms with van der Waals surface area (Å²) in [5, 5.41) is 0. The van der Waals surface area contributed by atoms with Crippen LogP contribution in [0.5, 0.6) is 0 Å². The fraction of sp³-hybridized carbons (Fsp3) is 0.222. The molecule has 5 nitrogen and oxygen atoms in total. The van der Waals surface area contributed by atoms with E-state index < -0.39 is 5.91 Å². The molecule has 0 radical (unpaired) electrons. The lowest BCUT2D eigenvalue weighted by Gasteiger charge is -2.26. The zero-order chi connectivity index (χ0) is 22.1. The quantitative estimate of drug-likeness (QED) is 0.673. The van der Waals surface area contributed by atoms with E-state index in [1.807, 2.05) is 47.5 Å². The number of hydrogen-bond acceptors (Lipinski definition) is 3. The van der Waals surface area contributed by atoms with Gasteiger partial charge >= 0.3 is 0 Å². The molecular weight excluding hydrogens is 398 g/mol. The molecular formula is C27H25N3O2. The predicted molar refractivity (Wildman–Crippen MR) is 125 cm³/mol. The lowest BCUT2D eigenvalue weighted by Crippen LogP contribution is -2.35. The van der Waals surface area contributed by atoms with Crippen LogP contribution in [0.25, 0.3) is 16.7 Å². The van der Waals surface area contributed by atoms with E-state index in [9.17, 15) is 9.59 Å². The fourth-order valence-corrected chi connectivity index (χ4v) is 4.55. The molecule has 1 saturated heterocycles. The van der Waals surface area contributed by atoms with E-state index in [1.165, 1.54) is 6.42 Å². The maximum absolute atomic E-state index is 13.0. The highest BCUT2D eigenvalue weighted by Gasteiger charge is 2.20. The summed E-state index contributed by atoms with van der Waals surface area (Å²) in [6.07, 6.45) is 8.18. The Hall–Kier alpha value is -3.73. The molecule has 5 rings (SSSR count). The topological polar surface area (TPSA) is 76.3 Å². The Morgan fingerprint density at radius 1 is 0.844 bits per heavy atom. The van der Waals surface area contributed by atoms with Crippen molar-refractivity contribution in [2.75, 3.05) is 13.1 Å². The first-order chi connectivity index (χ1) is 15.6. The van der Waals surface area contributed by atoms with Gasteiger partial charge in [-0.05, 0) is 66.3 Å². The molecule has 1 aliphatic carbocycles. The van der Waals surface area contributed by atoms with Gasteiger partial charge in [-0.3, -0.25) is 14.6 Å². The molecule has 2 amide bonds. The number of carbonyl (C=O) groups excluding carboxylic acids is 2. The van der Waals surface area contributed by atoms with Crippen LogP contribution in [-0.4, -0.2) is 34.8 Å². The third kappa shape index (κ3) is 3.82. The van der Waals surface area contributed by atoms with Crippen LogP contribution in [0, 0.1) is 0 Å². The first-order valence-electron chi connectivity index (χ1n) is 11.1. The van der Waals surface area contributed by atoms with Crippen molar-refractivity contribution in [3.8, 4) is 11.1 Å². The van der Waals surface area contributed by atoms with Gasteiger partial charge in [0.05, 0.1) is 5.69 Å². The van der Waals surface area contributed by atoms with Crippen LogP contribution in [0.2, 0.25) is 0 Å². The van der Waals surface area contributed by atoms with Crippen LogP contribution in [0.3, 0.4) is 0 Å². The average Bonchev–Trinajstić information content (AvgIpc) is 3.27. The smallest absolute Gasteiger partial charge is 0.253 e. The number of carbonyl (C=O) groups is 2. The Kier molecular flexibility index (Phi) is 5.31. The Bertz CT molecular complexity index is 1220.